The van der Waals surface area contributed by atoms with Crippen molar-refractivity contribution < 1.29 is 5.11 Å². The molecule has 2 rings (SSSR count). The minimum atomic E-state index is -0.194. The first-order chi connectivity index (χ1) is 6.74. The summed E-state index contributed by atoms with van der Waals surface area (Å²) in [6.07, 6.45) is 1.76. The smallest absolute Gasteiger partial charge is 0.188 e. The maximum absolute atomic E-state index is 9.46. The molecule has 1 atom stereocenters. The lowest BCUT2D eigenvalue weighted by molar-refractivity contribution is 0.0655. The van der Waals surface area contributed by atoms with Crippen molar-refractivity contribution in [1.29, 1.82) is 0 Å². The number of nitrogens with zero attached hydrogens (tertiary/aromatic N) is 5. The van der Waals surface area contributed by atoms with Gasteiger partial charge in [0.2, 0.25) is 0 Å². The van der Waals surface area contributed by atoms with Crippen LogP contribution in [0.15, 0.2) is 0 Å². The van der Waals surface area contributed by atoms with Gasteiger partial charge >= 0.3 is 0 Å². The second-order valence-corrected chi connectivity index (χ2v) is 3.73. The number of hydrogen-bond acceptors (Lipinski definition) is 5. The van der Waals surface area contributed by atoms with Gasteiger partial charge in [0.05, 0.1) is 19.7 Å². The Labute approximate surface area is 82.5 Å². The summed E-state index contributed by atoms with van der Waals surface area (Å²) in [7, 11) is 1.75. The molecule has 0 spiro atoms. The Balaban J connectivity index is 1.90. The molecule has 1 N–H and O–H groups in total. The van der Waals surface area contributed by atoms with Gasteiger partial charge in [-0.2, -0.15) is 4.80 Å². The molecule has 1 aliphatic heterocycles. The van der Waals surface area contributed by atoms with E-state index < -0.39 is 0 Å². The molecule has 78 valence electrons. The van der Waals surface area contributed by atoms with Crippen LogP contribution in [0.25, 0.3) is 0 Å². The molecular weight excluding hydrogens is 182 g/mol. The summed E-state index contributed by atoms with van der Waals surface area (Å²) in [6.45, 7) is 2.42. The monoisotopic (exact) mass is 197 g/mol. The number of β-amino-alcohol motifs (C(OH)–C–C–N with tert-alkyl or cyclic N) is 1. The van der Waals surface area contributed by atoms with Crippen LogP contribution in [0.1, 0.15) is 18.7 Å². The number of aryl methyl sites for hydroxylation is 1. The number of rotatable bonds is 2. The van der Waals surface area contributed by atoms with Crippen LogP contribution >= 0.6 is 0 Å². The highest BCUT2D eigenvalue weighted by Crippen LogP contribution is 2.11. The Hall–Kier alpha value is -1.01. The van der Waals surface area contributed by atoms with Crippen LogP contribution in [0.5, 0.6) is 0 Å². The molecular formula is C8H15N5O. The second kappa shape index (κ2) is 4.02. The van der Waals surface area contributed by atoms with E-state index in [1.807, 2.05) is 0 Å². The molecule has 6 heteroatoms. The third-order valence-corrected chi connectivity index (χ3v) is 2.40. The fraction of sp³-hybridized carbons (Fsp3) is 0.875. The molecule has 1 aromatic rings. The van der Waals surface area contributed by atoms with Gasteiger partial charge in [0, 0.05) is 6.54 Å². The lowest BCUT2D eigenvalue weighted by atomic mass is 10.1. The molecule has 0 bridgehead atoms. The molecule has 0 aromatic carbocycles. The highest BCUT2D eigenvalue weighted by Gasteiger charge is 2.18. The zero-order valence-corrected chi connectivity index (χ0v) is 8.30. The summed E-state index contributed by atoms with van der Waals surface area (Å²) in [5.41, 5.74) is 0. The maximum Gasteiger partial charge on any atom is 0.188 e. The molecule has 0 aliphatic carbocycles. The van der Waals surface area contributed by atoms with Crippen LogP contribution in [0.4, 0.5) is 0 Å². The molecule has 14 heavy (non-hydrogen) atoms. The van der Waals surface area contributed by atoms with Crippen LogP contribution in [-0.4, -0.2) is 49.4 Å². The Morgan fingerprint density at radius 1 is 1.57 bits per heavy atom. The SMILES string of the molecule is Cn1nnc(CN2CCCC(O)C2)n1. The summed E-state index contributed by atoms with van der Waals surface area (Å²) in [5, 5.41) is 21.2. The predicted molar refractivity (Wildman–Crippen MR) is 49.3 cm³/mol. The summed E-state index contributed by atoms with van der Waals surface area (Å²) < 4.78 is 0. The molecule has 0 amide bonds. The van der Waals surface area contributed by atoms with E-state index in [0.717, 1.165) is 31.8 Å². The van der Waals surface area contributed by atoms with E-state index in [-0.39, 0.29) is 6.10 Å². The van der Waals surface area contributed by atoms with Gasteiger partial charge in [0.15, 0.2) is 5.82 Å². The largest absolute Gasteiger partial charge is 0.392 e. The number of tetrazole rings is 1. The number of aliphatic hydroxyl groups is 1. The van der Waals surface area contributed by atoms with E-state index in [1.165, 1.54) is 4.80 Å². The number of aromatic nitrogens is 4. The maximum atomic E-state index is 9.46. The zero-order valence-electron chi connectivity index (χ0n) is 8.30. The summed E-state index contributed by atoms with van der Waals surface area (Å²) >= 11 is 0. The van der Waals surface area contributed by atoms with Crippen LogP contribution < -0.4 is 0 Å². The number of aliphatic hydroxyl groups excluding tert-OH is 1. The summed E-state index contributed by atoms with van der Waals surface area (Å²) in [4.78, 5) is 3.61. The van der Waals surface area contributed by atoms with E-state index >= 15 is 0 Å². The van der Waals surface area contributed by atoms with Gasteiger partial charge in [-0.1, -0.05) is 0 Å². The van der Waals surface area contributed by atoms with Crippen LogP contribution in [0, 0.1) is 0 Å². The molecule has 1 saturated heterocycles. The van der Waals surface area contributed by atoms with Crippen molar-refractivity contribution in [2.45, 2.75) is 25.5 Å². The van der Waals surface area contributed by atoms with Gasteiger partial charge in [0.25, 0.3) is 0 Å². The van der Waals surface area contributed by atoms with E-state index in [0.29, 0.717) is 6.54 Å². The number of likely N-dealkylation sites (tertiary alicyclic amines) is 1. The van der Waals surface area contributed by atoms with E-state index in [4.69, 9.17) is 0 Å². The van der Waals surface area contributed by atoms with Crippen molar-refractivity contribution in [2.75, 3.05) is 13.1 Å². The number of hydrogen-bond donors (Lipinski definition) is 1. The second-order valence-electron chi connectivity index (χ2n) is 3.73. The quantitative estimate of drug-likeness (QED) is 0.670. The topological polar surface area (TPSA) is 67.1 Å². The van der Waals surface area contributed by atoms with Crippen molar-refractivity contribution in [3.8, 4) is 0 Å². The predicted octanol–water partition coefficient (Wildman–Crippen LogP) is -0.833. The van der Waals surface area contributed by atoms with Crippen molar-refractivity contribution in [2.24, 2.45) is 7.05 Å². The first kappa shape index (κ1) is 9.54. The highest BCUT2D eigenvalue weighted by molar-refractivity contribution is 4.80. The van der Waals surface area contributed by atoms with Gasteiger partial charge in [0.1, 0.15) is 0 Å². The zero-order chi connectivity index (χ0) is 9.97. The normalized spacial score (nSPS) is 24.0. The standard InChI is InChI=1S/C8H15N5O/c1-12-10-8(9-11-12)6-13-4-2-3-7(14)5-13/h7,14H,2-6H2,1H3. The molecule has 6 nitrogen and oxygen atoms in total. The van der Waals surface area contributed by atoms with E-state index in [1.54, 1.807) is 7.05 Å². The fourth-order valence-electron chi connectivity index (χ4n) is 1.76. The van der Waals surface area contributed by atoms with Crippen LogP contribution in [0.2, 0.25) is 0 Å². The number of piperidine rings is 1. The van der Waals surface area contributed by atoms with Crippen LogP contribution in [0.3, 0.4) is 0 Å². The van der Waals surface area contributed by atoms with Gasteiger partial charge in [-0.3, -0.25) is 4.90 Å². The lowest BCUT2D eigenvalue weighted by Crippen LogP contribution is -2.37. The molecule has 1 aromatic heterocycles. The molecule has 2 heterocycles. The molecule has 1 aliphatic rings. The Morgan fingerprint density at radius 2 is 2.43 bits per heavy atom. The molecule has 0 radical (unpaired) electrons. The highest BCUT2D eigenvalue weighted by atomic mass is 16.3. The van der Waals surface area contributed by atoms with Crippen molar-refractivity contribution >= 4 is 0 Å². The first-order valence-electron chi connectivity index (χ1n) is 4.87. The molecule has 0 saturated carbocycles. The summed E-state index contributed by atoms with van der Waals surface area (Å²) in [5.74, 6) is 0.724. The van der Waals surface area contributed by atoms with Gasteiger partial charge < -0.3 is 5.11 Å². The van der Waals surface area contributed by atoms with Crippen molar-refractivity contribution in [3.63, 3.8) is 0 Å². The third-order valence-electron chi connectivity index (χ3n) is 2.40. The van der Waals surface area contributed by atoms with E-state index in [2.05, 4.69) is 20.3 Å². The lowest BCUT2D eigenvalue weighted by Gasteiger charge is -2.28. The average molecular weight is 197 g/mol. The van der Waals surface area contributed by atoms with Crippen molar-refractivity contribution in [3.05, 3.63) is 5.82 Å². The fourth-order valence-corrected chi connectivity index (χ4v) is 1.76. The average Bonchev–Trinajstić information content (AvgIpc) is 2.51. The van der Waals surface area contributed by atoms with E-state index in [9.17, 15) is 5.11 Å². The van der Waals surface area contributed by atoms with Crippen molar-refractivity contribution in [1.82, 2.24) is 25.1 Å². The third kappa shape index (κ3) is 2.27. The molecule has 1 fully saturated rings. The Morgan fingerprint density at radius 3 is 3.07 bits per heavy atom. The Kier molecular flexibility index (Phi) is 2.74. The van der Waals surface area contributed by atoms with Gasteiger partial charge in [-0.05, 0) is 24.6 Å². The minimum absolute atomic E-state index is 0.194. The summed E-state index contributed by atoms with van der Waals surface area (Å²) in [6, 6.07) is 0. The van der Waals surface area contributed by atoms with Gasteiger partial charge in [-0.15, -0.1) is 10.2 Å². The van der Waals surface area contributed by atoms with Gasteiger partial charge in [-0.25, -0.2) is 0 Å². The first-order valence-corrected chi connectivity index (χ1v) is 4.87. The molecule has 1 unspecified atom stereocenters. The minimum Gasteiger partial charge on any atom is -0.392 e. The van der Waals surface area contributed by atoms with Crippen LogP contribution in [-0.2, 0) is 13.6 Å². The Bertz CT molecular complexity index is 300.